The lowest BCUT2D eigenvalue weighted by Crippen LogP contribution is -2.37. The summed E-state index contributed by atoms with van der Waals surface area (Å²) in [5.41, 5.74) is 4.29. The van der Waals surface area contributed by atoms with Crippen LogP contribution in [0.2, 0.25) is 0 Å². The van der Waals surface area contributed by atoms with Crippen LogP contribution in [0, 0.1) is 13.8 Å². The Labute approximate surface area is 154 Å². The first kappa shape index (κ1) is 19.5. The summed E-state index contributed by atoms with van der Waals surface area (Å²) in [6.45, 7) is 4.22. The molecule has 0 aliphatic rings. The molecule has 0 aliphatic heterocycles. The first-order valence-corrected chi connectivity index (χ1v) is 8.70. The largest absolute Gasteiger partial charge is 0.481 e. The maximum atomic E-state index is 12.2. The second-order valence-corrected chi connectivity index (χ2v) is 6.41. The van der Waals surface area contributed by atoms with Gasteiger partial charge in [-0.2, -0.15) is 0 Å². The van der Waals surface area contributed by atoms with Crippen LogP contribution in [0.4, 0.5) is 4.79 Å². The van der Waals surface area contributed by atoms with Gasteiger partial charge in [0.15, 0.2) is 0 Å². The SMILES string of the molecule is Cc1cccc(C)c1CC(CCC(=O)O)NC(=O)OCc1ccccc1. The fourth-order valence-corrected chi connectivity index (χ4v) is 2.87. The Morgan fingerprint density at radius 1 is 1.04 bits per heavy atom. The van der Waals surface area contributed by atoms with Gasteiger partial charge in [0.1, 0.15) is 6.61 Å². The van der Waals surface area contributed by atoms with E-state index >= 15 is 0 Å². The summed E-state index contributed by atoms with van der Waals surface area (Å²) in [4.78, 5) is 23.1. The van der Waals surface area contributed by atoms with Crippen LogP contribution in [-0.2, 0) is 22.6 Å². The molecule has 1 unspecified atom stereocenters. The van der Waals surface area contributed by atoms with Gasteiger partial charge in [-0.25, -0.2) is 4.79 Å². The van der Waals surface area contributed by atoms with Crippen LogP contribution >= 0.6 is 0 Å². The van der Waals surface area contributed by atoms with Gasteiger partial charge in [-0.05, 0) is 48.9 Å². The monoisotopic (exact) mass is 355 g/mol. The molecular formula is C21H25NO4. The van der Waals surface area contributed by atoms with Crippen LogP contribution in [-0.4, -0.2) is 23.2 Å². The van der Waals surface area contributed by atoms with Crippen molar-refractivity contribution in [1.29, 1.82) is 0 Å². The fraction of sp³-hybridized carbons (Fsp3) is 0.333. The summed E-state index contributed by atoms with van der Waals surface area (Å²) in [6, 6.07) is 15.2. The van der Waals surface area contributed by atoms with E-state index in [1.165, 1.54) is 0 Å². The Balaban J connectivity index is 1.99. The maximum absolute atomic E-state index is 12.2. The van der Waals surface area contributed by atoms with Gasteiger partial charge in [-0.1, -0.05) is 48.5 Å². The average molecular weight is 355 g/mol. The molecule has 2 rings (SSSR count). The Morgan fingerprint density at radius 3 is 2.31 bits per heavy atom. The lowest BCUT2D eigenvalue weighted by molar-refractivity contribution is -0.137. The van der Waals surface area contributed by atoms with E-state index in [4.69, 9.17) is 9.84 Å². The summed E-state index contributed by atoms with van der Waals surface area (Å²) in [5, 5.41) is 11.8. The number of carbonyl (C=O) groups excluding carboxylic acids is 1. The van der Waals surface area contributed by atoms with Gasteiger partial charge < -0.3 is 15.2 Å². The van der Waals surface area contributed by atoms with Gasteiger partial charge in [0, 0.05) is 12.5 Å². The first-order valence-electron chi connectivity index (χ1n) is 8.70. The van der Waals surface area contributed by atoms with Crippen molar-refractivity contribution in [2.45, 2.75) is 45.8 Å². The van der Waals surface area contributed by atoms with Gasteiger partial charge in [-0.3, -0.25) is 4.79 Å². The zero-order chi connectivity index (χ0) is 18.9. The molecule has 1 atom stereocenters. The van der Waals surface area contributed by atoms with Gasteiger partial charge in [0.2, 0.25) is 0 Å². The molecule has 2 N–H and O–H groups in total. The van der Waals surface area contributed by atoms with Crippen molar-refractivity contribution in [3.63, 3.8) is 0 Å². The third-order valence-electron chi connectivity index (χ3n) is 4.34. The number of rotatable bonds is 8. The highest BCUT2D eigenvalue weighted by Gasteiger charge is 2.17. The maximum Gasteiger partial charge on any atom is 0.407 e. The van der Waals surface area contributed by atoms with Crippen molar-refractivity contribution in [3.8, 4) is 0 Å². The number of carboxylic acids is 1. The van der Waals surface area contributed by atoms with Crippen LogP contribution in [0.1, 0.15) is 35.1 Å². The van der Waals surface area contributed by atoms with Crippen LogP contribution in [0.5, 0.6) is 0 Å². The number of carbonyl (C=O) groups is 2. The van der Waals surface area contributed by atoms with Crippen LogP contribution < -0.4 is 5.32 Å². The molecule has 2 aromatic carbocycles. The summed E-state index contributed by atoms with van der Waals surface area (Å²) in [7, 11) is 0. The van der Waals surface area contributed by atoms with Gasteiger partial charge in [-0.15, -0.1) is 0 Å². The molecule has 2 aromatic rings. The number of hydrogen-bond donors (Lipinski definition) is 2. The van der Waals surface area contributed by atoms with E-state index in [9.17, 15) is 9.59 Å². The Morgan fingerprint density at radius 2 is 1.69 bits per heavy atom. The Hall–Kier alpha value is -2.82. The van der Waals surface area contributed by atoms with Crippen molar-refractivity contribution in [1.82, 2.24) is 5.32 Å². The number of nitrogens with one attached hydrogen (secondary N) is 1. The molecule has 5 nitrogen and oxygen atoms in total. The zero-order valence-corrected chi connectivity index (χ0v) is 15.2. The lowest BCUT2D eigenvalue weighted by atomic mass is 9.94. The van der Waals surface area contributed by atoms with Crippen molar-refractivity contribution in [2.75, 3.05) is 0 Å². The van der Waals surface area contributed by atoms with Crippen molar-refractivity contribution in [2.24, 2.45) is 0 Å². The predicted molar refractivity (Wildman–Crippen MR) is 100 cm³/mol. The minimum absolute atomic E-state index is 0.00540. The standard InChI is InChI=1S/C21H25NO4/c1-15-7-6-8-16(2)19(15)13-18(11-12-20(23)24)22-21(25)26-14-17-9-4-3-5-10-17/h3-10,18H,11-14H2,1-2H3,(H,22,25)(H,23,24). The minimum Gasteiger partial charge on any atom is -0.481 e. The number of amides is 1. The molecule has 0 heterocycles. The molecule has 0 aromatic heterocycles. The number of hydrogen-bond acceptors (Lipinski definition) is 3. The second-order valence-electron chi connectivity index (χ2n) is 6.41. The summed E-state index contributed by atoms with van der Waals surface area (Å²) in [5.74, 6) is -0.879. The molecule has 1 amide bonds. The van der Waals surface area contributed by atoms with Crippen molar-refractivity contribution in [3.05, 3.63) is 70.8 Å². The summed E-state index contributed by atoms with van der Waals surface area (Å²) >= 11 is 0. The van der Waals surface area contributed by atoms with E-state index in [2.05, 4.69) is 5.32 Å². The number of aliphatic carboxylic acids is 1. The molecule has 0 saturated carbocycles. The minimum atomic E-state index is -0.879. The van der Waals surface area contributed by atoms with E-state index in [1.54, 1.807) is 0 Å². The molecule has 138 valence electrons. The number of aryl methyl sites for hydroxylation is 2. The molecule has 5 heteroatoms. The van der Waals surface area contributed by atoms with Crippen LogP contribution in [0.25, 0.3) is 0 Å². The van der Waals surface area contributed by atoms with E-state index in [0.29, 0.717) is 12.8 Å². The molecule has 0 radical (unpaired) electrons. The number of ether oxygens (including phenoxy) is 1. The third-order valence-corrected chi connectivity index (χ3v) is 4.34. The zero-order valence-electron chi connectivity index (χ0n) is 15.2. The highest BCUT2D eigenvalue weighted by atomic mass is 16.5. The third kappa shape index (κ3) is 6.24. The van der Waals surface area contributed by atoms with E-state index in [1.807, 2.05) is 62.4 Å². The van der Waals surface area contributed by atoms with Gasteiger partial charge >= 0.3 is 12.1 Å². The second kappa shape index (κ2) is 9.61. The molecule has 26 heavy (non-hydrogen) atoms. The van der Waals surface area contributed by atoms with Gasteiger partial charge in [0.05, 0.1) is 0 Å². The summed E-state index contributed by atoms with van der Waals surface area (Å²) < 4.78 is 5.27. The van der Waals surface area contributed by atoms with Crippen molar-refractivity contribution >= 4 is 12.1 Å². The molecular weight excluding hydrogens is 330 g/mol. The predicted octanol–water partition coefficient (Wildman–Crippen LogP) is 4.01. The highest BCUT2D eigenvalue weighted by molar-refractivity contribution is 5.69. The summed E-state index contributed by atoms with van der Waals surface area (Å²) in [6.07, 6.45) is 0.389. The van der Waals surface area contributed by atoms with E-state index < -0.39 is 12.1 Å². The van der Waals surface area contributed by atoms with Crippen molar-refractivity contribution < 1.29 is 19.4 Å². The fourth-order valence-electron chi connectivity index (χ4n) is 2.87. The highest BCUT2D eigenvalue weighted by Crippen LogP contribution is 2.17. The van der Waals surface area contributed by atoms with Crippen LogP contribution in [0.3, 0.4) is 0 Å². The topological polar surface area (TPSA) is 75.6 Å². The van der Waals surface area contributed by atoms with Gasteiger partial charge in [0.25, 0.3) is 0 Å². The number of alkyl carbamates (subject to hydrolysis) is 1. The average Bonchev–Trinajstić information content (AvgIpc) is 2.61. The first-order chi connectivity index (χ1) is 12.5. The van der Waals surface area contributed by atoms with E-state index in [0.717, 1.165) is 22.3 Å². The molecule has 0 spiro atoms. The lowest BCUT2D eigenvalue weighted by Gasteiger charge is -2.20. The normalized spacial score (nSPS) is 11.6. The smallest absolute Gasteiger partial charge is 0.407 e. The quantitative estimate of drug-likeness (QED) is 0.750. The molecule has 0 aliphatic carbocycles. The van der Waals surface area contributed by atoms with E-state index in [-0.39, 0.29) is 19.1 Å². The Kier molecular flexibility index (Phi) is 7.21. The molecule has 0 fully saturated rings. The Bertz CT molecular complexity index is 723. The molecule has 0 bridgehead atoms. The number of benzene rings is 2. The number of carboxylic acid groups (broad SMARTS) is 1. The van der Waals surface area contributed by atoms with Crippen LogP contribution in [0.15, 0.2) is 48.5 Å². The molecule has 0 saturated heterocycles.